The fourth-order valence-corrected chi connectivity index (χ4v) is 4.12. The largest absolute Gasteiger partial charge is 0.497 e. The average Bonchev–Trinajstić information content (AvgIpc) is 2.96. The number of ether oxygens (including phenoxy) is 2. The zero-order valence-corrected chi connectivity index (χ0v) is 21.8. The van der Waals surface area contributed by atoms with Crippen LogP contribution in [-0.2, 0) is 22.7 Å². The van der Waals surface area contributed by atoms with Gasteiger partial charge in [0.05, 0.1) is 7.11 Å². The quantitative estimate of drug-likeness (QED) is 0.266. The molecule has 7 heteroatoms. The zero-order valence-electron chi connectivity index (χ0n) is 21.0. The van der Waals surface area contributed by atoms with Crippen LogP contribution in [0.1, 0.15) is 22.7 Å². The summed E-state index contributed by atoms with van der Waals surface area (Å²) in [5.74, 6) is 0.668. The molecule has 38 heavy (non-hydrogen) atoms. The van der Waals surface area contributed by atoms with Gasteiger partial charge in [0.15, 0.2) is 6.61 Å². The standard InChI is InChI=1S/C31H29ClN2O4/c1-37-27-18-14-24(15-19-27)21-34(29(35)22-38-28-10-6-3-7-11-28)30(25-8-4-2-5-9-25)31(36)33-20-23-12-16-26(32)17-13-23/h2-19,30H,20-22H2,1H3,(H,33,36). The summed E-state index contributed by atoms with van der Waals surface area (Å²) < 4.78 is 11.0. The molecule has 4 aromatic carbocycles. The van der Waals surface area contributed by atoms with Crippen LogP contribution in [0.5, 0.6) is 11.5 Å². The van der Waals surface area contributed by atoms with Crippen LogP contribution in [0.15, 0.2) is 109 Å². The third-order valence-corrected chi connectivity index (χ3v) is 6.25. The minimum atomic E-state index is -0.877. The fraction of sp³-hybridized carbons (Fsp3) is 0.161. The molecule has 0 heterocycles. The van der Waals surface area contributed by atoms with Crippen LogP contribution < -0.4 is 14.8 Å². The first-order valence-electron chi connectivity index (χ1n) is 12.2. The Labute approximate surface area is 227 Å². The number of benzene rings is 4. The van der Waals surface area contributed by atoms with Gasteiger partial charge in [-0.15, -0.1) is 0 Å². The van der Waals surface area contributed by atoms with E-state index in [2.05, 4.69) is 5.32 Å². The van der Waals surface area contributed by atoms with Gasteiger partial charge >= 0.3 is 0 Å². The number of halogens is 1. The molecule has 6 nitrogen and oxygen atoms in total. The van der Waals surface area contributed by atoms with Gasteiger partial charge in [-0.2, -0.15) is 0 Å². The first kappa shape index (κ1) is 26.8. The summed E-state index contributed by atoms with van der Waals surface area (Å²) in [5.41, 5.74) is 2.45. The van der Waals surface area contributed by atoms with E-state index in [-0.39, 0.29) is 25.0 Å². The summed E-state index contributed by atoms with van der Waals surface area (Å²) >= 11 is 6.00. The van der Waals surface area contributed by atoms with Gasteiger partial charge in [-0.1, -0.05) is 84.4 Å². The van der Waals surface area contributed by atoms with E-state index in [1.54, 1.807) is 36.3 Å². The number of methoxy groups -OCH3 is 1. The first-order valence-corrected chi connectivity index (χ1v) is 12.6. The van der Waals surface area contributed by atoms with Gasteiger partial charge in [0, 0.05) is 18.1 Å². The number of hydrogen-bond acceptors (Lipinski definition) is 4. The Morgan fingerprint density at radius 1 is 0.789 bits per heavy atom. The molecule has 0 bridgehead atoms. The number of carbonyl (C=O) groups is 2. The number of rotatable bonds is 11. The molecular formula is C31H29ClN2O4. The summed E-state index contributed by atoms with van der Waals surface area (Å²) in [5, 5.41) is 3.62. The second kappa shape index (κ2) is 13.3. The van der Waals surface area contributed by atoms with Crippen molar-refractivity contribution in [2.75, 3.05) is 13.7 Å². The number of hydrogen-bond donors (Lipinski definition) is 1. The predicted octanol–water partition coefficient (Wildman–Crippen LogP) is 5.81. The van der Waals surface area contributed by atoms with Crippen molar-refractivity contribution in [3.8, 4) is 11.5 Å². The molecule has 0 spiro atoms. The summed E-state index contributed by atoms with van der Waals surface area (Å²) in [4.78, 5) is 28.9. The number of para-hydroxylation sites is 1. The van der Waals surface area contributed by atoms with Crippen molar-refractivity contribution in [1.29, 1.82) is 0 Å². The number of nitrogens with one attached hydrogen (secondary N) is 1. The van der Waals surface area contributed by atoms with E-state index in [1.807, 2.05) is 84.9 Å². The topological polar surface area (TPSA) is 67.9 Å². The molecule has 0 aliphatic carbocycles. The van der Waals surface area contributed by atoms with E-state index in [9.17, 15) is 9.59 Å². The van der Waals surface area contributed by atoms with Gasteiger partial charge in [-0.05, 0) is 53.1 Å². The highest BCUT2D eigenvalue weighted by molar-refractivity contribution is 6.30. The van der Waals surface area contributed by atoms with Crippen LogP contribution in [0.25, 0.3) is 0 Å². The Bertz CT molecular complexity index is 1310. The average molecular weight is 529 g/mol. The second-order valence-electron chi connectivity index (χ2n) is 8.63. The van der Waals surface area contributed by atoms with Gasteiger partial charge < -0.3 is 19.7 Å². The molecule has 1 N–H and O–H groups in total. The van der Waals surface area contributed by atoms with Crippen molar-refractivity contribution in [2.24, 2.45) is 0 Å². The monoisotopic (exact) mass is 528 g/mol. The van der Waals surface area contributed by atoms with Gasteiger partial charge in [0.2, 0.25) is 5.91 Å². The van der Waals surface area contributed by atoms with Gasteiger partial charge in [0.25, 0.3) is 5.91 Å². The predicted molar refractivity (Wildman–Crippen MR) is 148 cm³/mol. The molecule has 0 saturated carbocycles. The van der Waals surface area contributed by atoms with Crippen LogP contribution in [0.4, 0.5) is 0 Å². The van der Waals surface area contributed by atoms with Crippen molar-refractivity contribution in [1.82, 2.24) is 10.2 Å². The summed E-state index contributed by atoms with van der Waals surface area (Å²) in [6.45, 7) is 0.285. The summed E-state index contributed by atoms with van der Waals surface area (Å²) in [7, 11) is 1.60. The Kier molecular flexibility index (Phi) is 9.37. The lowest BCUT2D eigenvalue weighted by atomic mass is 10.0. The molecule has 0 aliphatic heterocycles. The van der Waals surface area contributed by atoms with Crippen molar-refractivity contribution in [3.05, 3.63) is 131 Å². The Morgan fingerprint density at radius 3 is 2.03 bits per heavy atom. The van der Waals surface area contributed by atoms with Crippen LogP contribution in [0, 0.1) is 0 Å². The third kappa shape index (κ3) is 7.37. The van der Waals surface area contributed by atoms with E-state index in [0.717, 1.165) is 11.1 Å². The Morgan fingerprint density at radius 2 is 1.39 bits per heavy atom. The lowest BCUT2D eigenvalue weighted by Crippen LogP contribution is -2.45. The lowest BCUT2D eigenvalue weighted by molar-refractivity contribution is -0.143. The molecule has 4 aromatic rings. The Balaban J connectivity index is 1.62. The molecule has 0 fully saturated rings. The highest BCUT2D eigenvalue weighted by Gasteiger charge is 2.31. The van der Waals surface area contributed by atoms with Crippen molar-refractivity contribution in [3.63, 3.8) is 0 Å². The summed E-state index contributed by atoms with van der Waals surface area (Å²) in [6, 6.07) is 32.2. The maximum Gasteiger partial charge on any atom is 0.261 e. The molecular weight excluding hydrogens is 500 g/mol. The molecule has 1 atom stereocenters. The van der Waals surface area contributed by atoms with E-state index in [1.165, 1.54) is 0 Å². The van der Waals surface area contributed by atoms with Gasteiger partial charge in [0.1, 0.15) is 17.5 Å². The van der Waals surface area contributed by atoms with Crippen LogP contribution in [0.3, 0.4) is 0 Å². The van der Waals surface area contributed by atoms with Crippen LogP contribution in [-0.4, -0.2) is 30.4 Å². The van der Waals surface area contributed by atoms with Gasteiger partial charge in [-0.25, -0.2) is 0 Å². The Hall–Kier alpha value is -4.29. The number of amides is 2. The smallest absolute Gasteiger partial charge is 0.261 e. The SMILES string of the molecule is COc1ccc(CN(C(=O)COc2ccccc2)C(C(=O)NCc2ccc(Cl)cc2)c2ccccc2)cc1. The minimum absolute atomic E-state index is 0.203. The van der Waals surface area contributed by atoms with Crippen molar-refractivity contribution >= 4 is 23.4 Å². The number of nitrogens with zero attached hydrogens (tertiary/aromatic N) is 1. The van der Waals surface area contributed by atoms with Crippen molar-refractivity contribution in [2.45, 2.75) is 19.1 Å². The van der Waals surface area contributed by atoms with Crippen LogP contribution >= 0.6 is 11.6 Å². The first-order chi connectivity index (χ1) is 18.5. The maximum atomic E-state index is 13.7. The molecule has 4 rings (SSSR count). The van der Waals surface area contributed by atoms with Crippen molar-refractivity contribution < 1.29 is 19.1 Å². The highest BCUT2D eigenvalue weighted by atomic mass is 35.5. The van der Waals surface area contributed by atoms with Crippen LogP contribution in [0.2, 0.25) is 5.02 Å². The van der Waals surface area contributed by atoms with Gasteiger partial charge in [-0.3, -0.25) is 9.59 Å². The molecule has 0 saturated heterocycles. The maximum absolute atomic E-state index is 13.7. The number of carbonyl (C=O) groups excluding carboxylic acids is 2. The highest BCUT2D eigenvalue weighted by Crippen LogP contribution is 2.25. The van der Waals surface area contributed by atoms with E-state index in [4.69, 9.17) is 21.1 Å². The van der Waals surface area contributed by atoms with E-state index < -0.39 is 6.04 Å². The minimum Gasteiger partial charge on any atom is -0.497 e. The molecule has 194 valence electrons. The van der Waals surface area contributed by atoms with E-state index >= 15 is 0 Å². The molecule has 2 amide bonds. The normalized spacial score (nSPS) is 11.3. The lowest BCUT2D eigenvalue weighted by Gasteiger charge is -2.31. The van der Waals surface area contributed by atoms with E-state index in [0.29, 0.717) is 28.6 Å². The fourth-order valence-electron chi connectivity index (χ4n) is 3.99. The molecule has 1 unspecified atom stereocenters. The molecule has 0 radical (unpaired) electrons. The third-order valence-electron chi connectivity index (χ3n) is 5.99. The molecule has 0 aromatic heterocycles. The zero-order chi connectivity index (χ0) is 26.7. The second-order valence-corrected chi connectivity index (χ2v) is 9.07. The summed E-state index contributed by atoms with van der Waals surface area (Å²) in [6.07, 6.45) is 0. The molecule has 0 aliphatic rings.